The van der Waals surface area contributed by atoms with Gasteiger partial charge in [-0.15, -0.1) is 0 Å². The average Bonchev–Trinajstić information content (AvgIpc) is 2.70. The van der Waals surface area contributed by atoms with Crippen molar-refractivity contribution < 1.29 is 19.1 Å². The molecule has 4 aliphatic carbocycles. The number of carbonyl (C=O) groups excluding carboxylic acids is 2. The van der Waals surface area contributed by atoms with Crippen molar-refractivity contribution in [3.8, 4) is 5.75 Å². The summed E-state index contributed by atoms with van der Waals surface area (Å²) < 4.78 is 11.0. The van der Waals surface area contributed by atoms with E-state index in [1.165, 1.54) is 38.5 Å². The second kappa shape index (κ2) is 8.37. The molecule has 0 unspecified atom stereocenters. The highest BCUT2D eigenvalue weighted by atomic mass is 16.6. The van der Waals surface area contributed by atoms with Crippen molar-refractivity contribution in [1.29, 1.82) is 0 Å². The summed E-state index contributed by atoms with van der Waals surface area (Å²) in [5.74, 6) is 2.46. The van der Waals surface area contributed by atoms with E-state index in [1.807, 2.05) is 25.1 Å². The lowest BCUT2D eigenvalue weighted by Gasteiger charge is -2.59. The Bertz CT molecular complexity index is 696. The minimum atomic E-state index is -0.703. The highest BCUT2D eigenvalue weighted by Crippen LogP contribution is 2.61. The number of para-hydroxylation sites is 1. The fourth-order valence-corrected chi connectivity index (χ4v) is 6.34. The Balaban J connectivity index is 1.27. The van der Waals surface area contributed by atoms with E-state index in [0.29, 0.717) is 12.2 Å². The lowest BCUT2D eigenvalue weighted by molar-refractivity contribution is -0.156. The van der Waals surface area contributed by atoms with Gasteiger partial charge in [-0.3, -0.25) is 4.79 Å². The molecule has 4 bridgehead atoms. The van der Waals surface area contributed by atoms with Crippen molar-refractivity contribution >= 4 is 11.9 Å². The Kier molecular flexibility index (Phi) is 5.84. The number of rotatable bonds is 8. The molecule has 0 saturated heterocycles. The van der Waals surface area contributed by atoms with Crippen LogP contribution in [0.3, 0.4) is 0 Å². The van der Waals surface area contributed by atoms with Crippen LogP contribution in [0.4, 0.5) is 0 Å². The zero-order valence-electron chi connectivity index (χ0n) is 17.6. The van der Waals surface area contributed by atoms with Crippen LogP contribution in [0.1, 0.15) is 58.8 Å². The summed E-state index contributed by atoms with van der Waals surface area (Å²) in [7, 11) is 0. The van der Waals surface area contributed by atoms with Crippen molar-refractivity contribution in [2.24, 2.45) is 23.2 Å². The Morgan fingerprint density at radius 3 is 2.21 bits per heavy atom. The molecule has 0 aliphatic heterocycles. The number of carbonyl (C=O) groups is 2. The Hall–Kier alpha value is -2.04. The molecule has 0 aromatic heterocycles. The van der Waals surface area contributed by atoms with Crippen LogP contribution < -0.4 is 10.1 Å². The van der Waals surface area contributed by atoms with E-state index >= 15 is 0 Å². The molecule has 4 fully saturated rings. The van der Waals surface area contributed by atoms with Gasteiger partial charge in [-0.05, 0) is 87.2 Å². The van der Waals surface area contributed by atoms with Crippen LogP contribution >= 0.6 is 0 Å². The molecule has 1 amide bonds. The molecule has 1 aromatic carbocycles. The minimum absolute atomic E-state index is 0.129. The smallest absolute Gasteiger partial charge is 0.347 e. The van der Waals surface area contributed by atoms with Gasteiger partial charge in [0.05, 0.1) is 0 Å². The van der Waals surface area contributed by atoms with Gasteiger partial charge in [0.2, 0.25) is 0 Å². The van der Waals surface area contributed by atoms with E-state index in [9.17, 15) is 9.59 Å². The average molecular weight is 400 g/mol. The van der Waals surface area contributed by atoms with Crippen molar-refractivity contribution in [3.05, 3.63) is 30.3 Å². The van der Waals surface area contributed by atoms with E-state index in [-0.39, 0.29) is 24.0 Å². The fourth-order valence-electron chi connectivity index (χ4n) is 6.34. The van der Waals surface area contributed by atoms with Gasteiger partial charge in [0, 0.05) is 6.04 Å². The maximum atomic E-state index is 12.5. The van der Waals surface area contributed by atoms with Crippen LogP contribution in [-0.4, -0.2) is 30.6 Å². The largest absolute Gasteiger partial charge is 0.479 e. The van der Waals surface area contributed by atoms with Gasteiger partial charge in [-0.25, -0.2) is 4.79 Å². The summed E-state index contributed by atoms with van der Waals surface area (Å²) in [6, 6.07) is 9.33. The first kappa shape index (κ1) is 20.2. The van der Waals surface area contributed by atoms with Gasteiger partial charge >= 0.3 is 5.97 Å². The summed E-state index contributed by atoms with van der Waals surface area (Å²) in [5.41, 5.74) is 0.247. The predicted octanol–water partition coefficient (Wildman–Crippen LogP) is 4.11. The van der Waals surface area contributed by atoms with Crippen LogP contribution in [0.2, 0.25) is 0 Å². The van der Waals surface area contributed by atoms with Crippen LogP contribution in [0, 0.1) is 23.2 Å². The third-order valence-corrected chi connectivity index (χ3v) is 7.38. The minimum Gasteiger partial charge on any atom is -0.479 e. The predicted molar refractivity (Wildman–Crippen MR) is 110 cm³/mol. The van der Waals surface area contributed by atoms with E-state index in [4.69, 9.17) is 9.47 Å². The molecule has 0 heterocycles. The molecule has 5 rings (SSSR count). The van der Waals surface area contributed by atoms with Gasteiger partial charge in [-0.1, -0.05) is 25.1 Å². The molecule has 0 spiro atoms. The first-order valence-electron chi connectivity index (χ1n) is 11.1. The van der Waals surface area contributed by atoms with Crippen molar-refractivity contribution in [2.45, 2.75) is 70.9 Å². The quantitative estimate of drug-likeness (QED) is 0.668. The summed E-state index contributed by atoms with van der Waals surface area (Å²) >= 11 is 0. The molecule has 5 nitrogen and oxygen atoms in total. The first-order valence-corrected chi connectivity index (χ1v) is 11.1. The molecule has 1 aromatic rings. The standard InChI is InChI=1S/C24H33NO4/c1-3-21(29-20-7-5-4-6-8-20)23(27)28-15-22(26)25-16(2)24-12-17-9-18(13-24)11-19(10-17)14-24/h4-8,16-19,21H,3,9-15H2,1-2H3,(H,25,26)/t16-,17?,18?,19?,21-,24?/m1/s1. The number of hydrogen-bond donors (Lipinski definition) is 1. The number of nitrogens with one attached hydrogen (secondary N) is 1. The van der Waals surface area contributed by atoms with Crippen molar-refractivity contribution in [3.63, 3.8) is 0 Å². The van der Waals surface area contributed by atoms with Crippen molar-refractivity contribution in [1.82, 2.24) is 5.32 Å². The molecule has 29 heavy (non-hydrogen) atoms. The second-order valence-corrected chi connectivity index (χ2v) is 9.50. The van der Waals surface area contributed by atoms with Crippen LogP contribution in [0.15, 0.2) is 30.3 Å². The second-order valence-electron chi connectivity index (χ2n) is 9.50. The maximum Gasteiger partial charge on any atom is 0.347 e. The fraction of sp³-hybridized carbons (Fsp3) is 0.667. The van der Waals surface area contributed by atoms with Gasteiger partial charge in [0.1, 0.15) is 5.75 Å². The Morgan fingerprint density at radius 1 is 1.07 bits per heavy atom. The third kappa shape index (κ3) is 4.44. The van der Waals surface area contributed by atoms with Gasteiger partial charge in [0.15, 0.2) is 12.7 Å². The molecular weight excluding hydrogens is 366 g/mol. The molecule has 5 heteroatoms. The molecule has 1 N–H and O–H groups in total. The molecule has 4 aliphatic rings. The number of ether oxygens (including phenoxy) is 2. The molecular formula is C24H33NO4. The summed E-state index contributed by atoms with van der Waals surface area (Å²) in [4.78, 5) is 24.9. The highest BCUT2D eigenvalue weighted by molar-refractivity contribution is 5.82. The summed E-state index contributed by atoms with van der Waals surface area (Å²) in [5, 5.41) is 3.14. The first-order chi connectivity index (χ1) is 14.0. The number of hydrogen-bond acceptors (Lipinski definition) is 4. The number of esters is 1. The number of benzene rings is 1. The SMILES string of the molecule is CC[C@@H](Oc1ccccc1)C(=O)OCC(=O)N[C@H](C)C12CC3CC(CC(C3)C1)C2. The zero-order chi connectivity index (χ0) is 20.4. The third-order valence-electron chi connectivity index (χ3n) is 7.38. The Morgan fingerprint density at radius 2 is 1.66 bits per heavy atom. The Labute approximate surface area is 173 Å². The molecule has 4 saturated carbocycles. The van der Waals surface area contributed by atoms with Gasteiger partial charge in [-0.2, -0.15) is 0 Å². The zero-order valence-corrected chi connectivity index (χ0v) is 17.6. The van der Waals surface area contributed by atoms with Gasteiger partial charge < -0.3 is 14.8 Å². The molecule has 2 atom stereocenters. The maximum absolute atomic E-state index is 12.5. The lowest BCUT2D eigenvalue weighted by atomic mass is 9.48. The van der Waals surface area contributed by atoms with E-state index in [2.05, 4.69) is 12.2 Å². The van der Waals surface area contributed by atoms with Crippen molar-refractivity contribution in [2.75, 3.05) is 6.61 Å². The molecule has 0 radical (unpaired) electrons. The van der Waals surface area contributed by atoms with E-state index in [0.717, 1.165) is 17.8 Å². The monoisotopic (exact) mass is 399 g/mol. The lowest BCUT2D eigenvalue weighted by Crippen LogP contribution is -2.56. The van der Waals surface area contributed by atoms with Crippen LogP contribution in [-0.2, 0) is 14.3 Å². The topological polar surface area (TPSA) is 64.6 Å². The van der Waals surface area contributed by atoms with Crippen LogP contribution in [0.5, 0.6) is 5.75 Å². The highest BCUT2D eigenvalue weighted by Gasteiger charge is 2.53. The number of amides is 1. The summed E-state index contributed by atoms with van der Waals surface area (Å²) in [6.07, 6.45) is 7.66. The normalized spacial score (nSPS) is 31.7. The molecule has 158 valence electrons. The van der Waals surface area contributed by atoms with E-state index < -0.39 is 12.1 Å². The van der Waals surface area contributed by atoms with E-state index in [1.54, 1.807) is 12.1 Å². The van der Waals surface area contributed by atoms with Crippen LogP contribution in [0.25, 0.3) is 0 Å². The van der Waals surface area contributed by atoms with Gasteiger partial charge in [0.25, 0.3) is 5.91 Å². The summed E-state index contributed by atoms with van der Waals surface area (Å²) in [6.45, 7) is 3.76.